The standard InChI is InChI=1S/C32H33FN4O2S/c1-5-21(3)34-27(38)18-36-28(39)19-40-31(24-14-16-25(33)17-15-24)29-30(23-11-7-6-8-12-23)35-37(32(29)36)26-13-9-10-20(2)22(26)4/h6-17,21,31H,5,18-19H2,1-4H3,(H,34,38). The van der Waals surface area contributed by atoms with Crippen LogP contribution in [0, 0.1) is 19.7 Å². The van der Waals surface area contributed by atoms with Gasteiger partial charge in [-0.05, 0) is 62.1 Å². The minimum atomic E-state index is -0.323. The van der Waals surface area contributed by atoms with Gasteiger partial charge < -0.3 is 5.32 Å². The highest BCUT2D eigenvalue weighted by Gasteiger charge is 2.38. The number of anilines is 1. The maximum absolute atomic E-state index is 14.0. The molecule has 5 rings (SSSR count). The van der Waals surface area contributed by atoms with Gasteiger partial charge in [-0.2, -0.15) is 5.10 Å². The SMILES string of the molecule is CCC(C)NC(=O)CN1C(=O)CSC(c2ccc(F)cc2)c2c(-c3ccccc3)nn(-c3cccc(C)c3C)c21. The Morgan fingerprint density at radius 1 is 1.07 bits per heavy atom. The van der Waals surface area contributed by atoms with Gasteiger partial charge >= 0.3 is 0 Å². The highest BCUT2D eigenvalue weighted by molar-refractivity contribution is 8.00. The Kier molecular flexibility index (Phi) is 8.07. The van der Waals surface area contributed by atoms with Gasteiger partial charge in [-0.3, -0.25) is 14.5 Å². The highest BCUT2D eigenvalue weighted by atomic mass is 32.2. The predicted molar refractivity (Wildman–Crippen MR) is 159 cm³/mol. The van der Waals surface area contributed by atoms with E-state index in [9.17, 15) is 14.0 Å². The van der Waals surface area contributed by atoms with Gasteiger partial charge in [0.2, 0.25) is 11.8 Å². The molecule has 1 aliphatic rings. The van der Waals surface area contributed by atoms with E-state index in [4.69, 9.17) is 5.10 Å². The number of halogens is 1. The summed E-state index contributed by atoms with van der Waals surface area (Å²) in [6.07, 6.45) is 0.784. The Bertz CT molecular complexity index is 1530. The Balaban J connectivity index is 1.80. The molecule has 0 spiro atoms. The van der Waals surface area contributed by atoms with Crippen molar-refractivity contribution in [3.05, 3.63) is 101 Å². The molecule has 206 valence electrons. The van der Waals surface area contributed by atoms with Crippen LogP contribution >= 0.6 is 11.8 Å². The minimum absolute atomic E-state index is 0.0146. The lowest BCUT2D eigenvalue weighted by molar-refractivity contribution is -0.123. The molecule has 0 saturated heterocycles. The van der Waals surface area contributed by atoms with Crippen LogP contribution in [0.3, 0.4) is 0 Å². The van der Waals surface area contributed by atoms with Crippen molar-refractivity contribution in [2.24, 2.45) is 0 Å². The molecule has 2 amide bonds. The van der Waals surface area contributed by atoms with Crippen molar-refractivity contribution in [1.29, 1.82) is 0 Å². The van der Waals surface area contributed by atoms with E-state index < -0.39 is 0 Å². The molecule has 0 fully saturated rings. The molecule has 2 heterocycles. The van der Waals surface area contributed by atoms with Crippen molar-refractivity contribution < 1.29 is 14.0 Å². The van der Waals surface area contributed by atoms with Gasteiger partial charge in [0.15, 0.2) is 0 Å². The quantitative estimate of drug-likeness (QED) is 0.287. The van der Waals surface area contributed by atoms with Crippen molar-refractivity contribution in [2.45, 2.75) is 45.4 Å². The zero-order chi connectivity index (χ0) is 28.4. The molecule has 40 heavy (non-hydrogen) atoms. The van der Waals surface area contributed by atoms with Crippen LogP contribution in [0.25, 0.3) is 16.9 Å². The molecule has 0 aliphatic carbocycles. The van der Waals surface area contributed by atoms with Gasteiger partial charge in [0.1, 0.15) is 18.2 Å². The summed E-state index contributed by atoms with van der Waals surface area (Å²) in [5, 5.41) is 7.84. The number of carbonyl (C=O) groups excluding carboxylic acids is 2. The lowest BCUT2D eigenvalue weighted by atomic mass is 9.99. The molecular formula is C32H33FN4O2S. The third kappa shape index (κ3) is 5.41. The second-order valence-electron chi connectivity index (χ2n) is 10.2. The van der Waals surface area contributed by atoms with Gasteiger partial charge in [0, 0.05) is 17.2 Å². The molecule has 6 nitrogen and oxygen atoms in total. The fraction of sp³-hybridized carbons (Fsp3) is 0.281. The Labute approximate surface area is 238 Å². The van der Waals surface area contributed by atoms with Crippen LogP contribution < -0.4 is 10.2 Å². The van der Waals surface area contributed by atoms with E-state index in [1.165, 1.54) is 23.9 Å². The van der Waals surface area contributed by atoms with Crippen LogP contribution in [0.4, 0.5) is 10.2 Å². The number of nitrogens with zero attached hydrogens (tertiary/aromatic N) is 3. The summed E-state index contributed by atoms with van der Waals surface area (Å²) < 4.78 is 15.8. The maximum atomic E-state index is 14.0. The summed E-state index contributed by atoms with van der Waals surface area (Å²) in [5.74, 6) is -0.00314. The molecular weight excluding hydrogens is 523 g/mol. The van der Waals surface area contributed by atoms with Crippen molar-refractivity contribution >= 4 is 29.4 Å². The largest absolute Gasteiger partial charge is 0.352 e. The summed E-state index contributed by atoms with van der Waals surface area (Å²) in [4.78, 5) is 28.6. The van der Waals surface area contributed by atoms with E-state index in [-0.39, 0.29) is 41.2 Å². The van der Waals surface area contributed by atoms with Gasteiger partial charge in [-0.1, -0.05) is 61.5 Å². The first-order valence-corrected chi connectivity index (χ1v) is 14.5. The number of hydrogen-bond donors (Lipinski definition) is 1. The maximum Gasteiger partial charge on any atom is 0.240 e. The fourth-order valence-corrected chi connectivity index (χ4v) is 6.13. The zero-order valence-electron chi connectivity index (χ0n) is 23.1. The lowest BCUT2D eigenvalue weighted by Gasteiger charge is -2.24. The number of hydrogen-bond acceptors (Lipinski definition) is 4. The fourth-order valence-electron chi connectivity index (χ4n) is 4.93. The smallest absolute Gasteiger partial charge is 0.240 e. The number of fused-ring (bicyclic) bond motifs is 1. The number of nitrogens with one attached hydrogen (secondary N) is 1. The summed E-state index contributed by atoms with van der Waals surface area (Å²) in [5.41, 5.74) is 6.26. The molecule has 0 saturated carbocycles. The van der Waals surface area contributed by atoms with Crippen LogP contribution in [0.1, 0.15) is 47.8 Å². The molecule has 2 unspecified atom stereocenters. The van der Waals surface area contributed by atoms with Gasteiger partial charge in [0.05, 0.1) is 22.4 Å². The molecule has 4 aromatic rings. The number of benzene rings is 3. The van der Waals surface area contributed by atoms with Crippen molar-refractivity contribution in [2.75, 3.05) is 17.2 Å². The second-order valence-corrected chi connectivity index (χ2v) is 11.3. The third-order valence-electron chi connectivity index (χ3n) is 7.43. The van der Waals surface area contributed by atoms with Crippen molar-refractivity contribution in [3.8, 4) is 16.9 Å². The second kappa shape index (κ2) is 11.7. The molecule has 1 aliphatic heterocycles. The lowest BCUT2D eigenvalue weighted by Crippen LogP contribution is -2.44. The number of rotatable bonds is 7. The van der Waals surface area contributed by atoms with Crippen LogP contribution in [0.2, 0.25) is 0 Å². The number of thioether (sulfide) groups is 1. The Morgan fingerprint density at radius 2 is 1.80 bits per heavy atom. The molecule has 1 N–H and O–H groups in total. The predicted octanol–water partition coefficient (Wildman–Crippen LogP) is 6.38. The monoisotopic (exact) mass is 556 g/mol. The average molecular weight is 557 g/mol. The molecule has 0 bridgehead atoms. The number of carbonyl (C=O) groups is 2. The zero-order valence-corrected chi connectivity index (χ0v) is 24.0. The molecule has 3 aromatic carbocycles. The Hall–Kier alpha value is -3.91. The number of aromatic nitrogens is 2. The van der Waals surface area contributed by atoms with E-state index in [2.05, 4.69) is 5.32 Å². The first-order chi connectivity index (χ1) is 19.3. The topological polar surface area (TPSA) is 67.2 Å². The van der Waals surface area contributed by atoms with Crippen LogP contribution in [0.5, 0.6) is 0 Å². The normalized spacial score (nSPS) is 15.9. The number of amides is 2. The van der Waals surface area contributed by atoms with Gasteiger partial charge in [-0.25, -0.2) is 9.07 Å². The summed E-state index contributed by atoms with van der Waals surface area (Å²) in [7, 11) is 0. The molecule has 2 atom stereocenters. The minimum Gasteiger partial charge on any atom is -0.352 e. The van der Waals surface area contributed by atoms with Gasteiger partial charge in [0.25, 0.3) is 0 Å². The number of aryl methyl sites for hydroxylation is 1. The summed E-state index contributed by atoms with van der Waals surface area (Å²) in [6.45, 7) is 7.90. The van der Waals surface area contributed by atoms with E-state index in [1.807, 2.05) is 80.9 Å². The molecule has 1 aromatic heterocycles. The molecule has 0 radical (unpaired) electrons. The van der Waals surface area contributed by atoms with E-state index in [0.29, 0.717) is 5.82 Å². The van der Waals surface area contributed by atoms with Crippen molar-refractivity contribution in [3.63, 3.8) is 0 Å². The van der Waals surface area contributed by atoms with Crippen LogP contribution in [-0.2, 0) is 9.59 Å². The Morgan fingerprint density at radius 3 is 2.50 bits per heavy atom. The van der Waals surface area contributed by atoms with Crippen LogP contribution in [0.15, 0.2) is 72.8 Å². The average Bonchev–Trinajstić information content (AvgIpc) is 3.27. The molecule has 8 heteroatoms. The highest BCUT2D eigenvalue weighted by Crippen LogP contribution is 2.48. The van der Waals surface area contributed by atoms with Crippen LogP contribution in [-0.4, -0.2) is 39.9 Å². The summed E-state index contributed by atoms with van der Waals surface area (Å²) in [6, 6.07) is 22.2. The third-order valence-corrected chi connectivity index (χ3v) is 8.69. The summed E-state index contributed by atoms with van der Waals surface area (Å²) >= 11 is 1.47. The van der Waals surface area contributed by atoms with Crippen molar-refractivity contribution in [1.82, 2.24) is 15.1 Å². The van der Waals surface area contributed by atoms with E-state index >= 15 is 0 Å². The first kappa shape index (κ1) is 27.6. The van der Waals surface area contributed by atoms with Gasteiger partial charge in [-0.15, -0.1) is 11.8 Å². The first-order valence-electron chi connectivity index (χ1n) is 13.5. The van der Waals surface area contributed by atoms with E-state index in [1.54, 1.807) is 17.0 Å². The van der Waals surface area contributed by atoms with E-state index in [0.717, 1.165) is 45.6 Å².